The molecule has 0 aliphatic heterocycles. The van der Waals surface area contributed by atoms with Gasteiger partial charge in [0.25, 0.3) is 5.91 Å². The van der Waals surface area contributed by atoms with E-state index in [1.807, 2.05) is 0 Å². The lowest BCUT2D eigenvalue weighted by Crippen LogP contribution is -2.30. The van der Waals surface area contributed by atoms with Crippen molar-refractivity contribution in [3.8, 4) is 0 Å². The van der Waals surface area contributed by atoms with E-state index in [1.165, 1.54) is 102 Å². The SMILES string of the molecule is CCCCCCCCCCCCCCCCCCNC(=O)c1ccccc1C(=O)[O-]. The van der Waals surface area contributed by atoms with Crippen molar-refractivity contribution in [1.82, 2.24) is 5.32 Å². The van der Waals surface area contributed by atoms with Crippen molar-refractivity contribution in [2.75, 3.05) is 6.54 Å². The van der Waals surface area contributed by atoms with Crippen molar-refractivity contribution in [2.24, 2.45) is 0 Å². The van der Waals surface area contributed by atoms with Gasteiger partial charge in [0, 0.05) is 17.7 Å². The van der Waals surface area contributed by atoms with Crippen molar-refractivity contribution in [1.29, 1.82) is 0 Å². The molecular weight excluding hydrogens is 374 g/mol. The fourth-order valence-corrected chi connectivity index (χ4v) is 3.83. The quantitative estimate of drug-likeness (QED) is 0.279. The third-order valence-corrected chi connectivity index (χ3v) is 5.71. The summed E-state index contributed by atoms with van der Waals surface area (Å²) < 4.78 is 0. The molecule has 1 amide bonds. The van der Waals surface area contributed by atoms with Crippen molar-refractivity contribution < 1.29 is 14.7 Å². The summed E-state index contributed by atoms with van der Waals surface area (Å²) in [7, 11) is 0. The molecule has 0 aromatic heterocycles. The molecule has 1 aromatic rings. The average Bonchev–Trinajstić information content (AvgIpc) is 2.75. The van der Waals surface area contributed by atoms with E-state index in [0.717, 1.165) is 12.8 Å². The first-order valence-corrected chi connectivity index (χ1v) is 12.3. The first-order chi connectivity index (χ1) is 14.7. The van der Waals surface area contributed by atoms with Crippen molar-refractivity contribution in [2.45, 2.75) is 110 Å². The van der Waals surface area contributed by atoms with Gasteiger partial charge in [0.05, 0.1) is 5.97 Å². The average molecular weight is 417 g/mol. The lowest BCUT2D eigenvalue weighted by atomic mass is 10.0. The number of carboxylic acids is 1. The zero-order chi connectivity index (χ0) is 21.9. The third-order valence-electron chi connectivity index (χ3n) is 5.71. The lowest BCUT2D eigenvalue weighted by Gasteiger charge is -2.10. The Kier molecular flexibility index (Phi) is 15.7. The van der Waals surface area contributed by atoms with Crippen LogP contribution in [0.25, 0.3) is 0 Å². The summed E-state index contributed by atoms with van der Waals surface area (Å²) in [6.07, 6.45) is 21.1. The van der Waals surface area contributed by atoms with Gasteiger partial charge >= 0.3 is 0 Å². The van der Waals surface area contributed by atoms with E-state index in [4.69, 9.17) is 0 Å². The lowest BCUT2D eigenvalue weighted by molar-refractivity contribution is -0.255. The maximum atomic E-state index is 12.1. The molecule has 170 valence electrons. The maximum absolute atomic E-state index is 12.1. The molecule has 0 atom stereocenters. The largest absolute Gasteiger partial charge is 0.545 e. The fourth-order valence-electron chi connectivity index (χ4n) is 3.83. The summed E-state index contributed by atoms with van der Waals surface area (Å²) in [5.41, 5.74) is 0.121. The maximum Gasteiger partial charge on any atom is 0.251 e. The summed E-state index contributed by atoms with van der Waals surface area (Å²) in [4.78, 5) is 23.2. The molecule has 1 rings (SSSR count). The van der Waals surface area contributed by atoms with Crippen LogP contribution in [-0.2, 0) is 0 Å². The number of hydrogen-bond donors (Lipinski definition) is 1. The molecule has 0 saturated heterocycles. The molecule has 0 spiro atoms. The first-order valence-electron chi connectivity index (χ1n) is 12.3. The van der Waals surface area contributed by atoms with Crippen LogP contribution in [0.3, 0.4) is 0 Å². The minimum atomic E-state index is -1.32. The molecule has 0 bridgehead atoms. The Labute approximate surface area is 183 Å². The summed E-state index contributed by atoms with van der Waals surface area (Å²) in [6, 6.07) is 6.18. The smallest absolute Gasteiger partial charge is 0.251 e. The number of aromatic carboxylic acids is 1. The zero-order valence-electron chi connectivity index (χ0n) is 19.1. The highest BCUT2D eigenvalue weighted by Crippen LogP contribution is 2.13. The molecule has 1 aromatic carbocycles. The van der Waals surface area contributed by atoms with E-state index in [0.29, 0.717) is 6.54 Å². The van der Waals surface area contributed by atoms with Gasteiger partial charge in [-0.25, -0.2) is 0 Å². The standard InChI is InChI=1S/C26H43NO3/c1-2-3-4-5-6-7-8-9-10-11-12-13-14-15-16-19-22-27-25(28)23-20-17-18-21-24(23)26(29)30/h17-18,20-21H,2-16,19,22H2,1H3,(H,27,28)(H,29,30)/p-1. The van der Waals surface area contributed by atoms with E-state index < -0.39 is 5.97 Å². The van der Waals surface area contributed by atoms with Gasteiger partial charge in [-0.3, -0.25) is 4.79 Å². The van der Waals surface area contributed by atoms with Gasteiger partial charge in [0.2, 0.25) is 0 Å². The minimum absolute atomic E-state index is 0.0537. The second kappa shape index (κ2) is 18.0. The molecular formula is C26H42NO3-. The van der Waals surface area contributed by atoms with Gasteiger partial charge in [0.15, 0.2) is 0 Å². The number of amides is 1. The number of nitrogens with one attached hydrogen (secondary N) is 1. The Morgan fingerprint density at radius 2 is 1.07 bits per heavy atom. The molecule has 1 N–H and O–H groups in total. The first kappa shape index (κ1) is 26.2. The Morgan fingerprint density at radius 3 is 1.50 bits per heavy atom. The molecule has 4 heteroatoms. The number of carbonyl (C=O) groups is 2. The molecule has 30 heavy (non-hydrogen) atoms. The Balaban J connectivity index is 1.89. The Hall–Kier alpha value is -1.84. The monoisotopic (exact) mass is 416 g/mol. The van der Waals surface area contributed by atoms with Crippen LogP contribution in [0.5, 0.6) is 0 Å². The molecule has 0 unspecified atom stereocenters. The third kappa shape index (κ3) is 12.7. The number of carboxylic acid groups (broad SMARTS) is 1. The van der Waals surface area contributed by atoms with Gasteiger partial charge < -0.3 is 15.2 Å². The van der Waals surface area contributed by atoms with Crippen molar-refractivity contribution in [3.05, 3.63) is 35.4 Å². The molecule has 0 aliphatic carbocycles. The Morgan fingerprint density at radius 1 is 0.667 bits per heavy atom. The van der Waals surface area contributed by atoms with Crippen LogP contribution in [0.2, 0.25) is 0 Å². The number of benzene rings is 1. The number of rotatable bonds is 19. The normalized spacial score (nSPS) is 10.8. The second-order valence-electron chi connectivity index (χ2n) is 8.39. The summed E-state index contributed by atoms with van der Waals surface area (Å²) in [6.45, 7) is 2.85. The van der Waals surface area contributed by atoms with E-state index in [-0.39, 0.29) is 17.0 Å². The van der Waals surface area contributed by atoms with Crippen LogP contribution >= 0.6 is 0 Å². The number of hydrogen-bond acceptors (Lipinski definition) is 3. The highest BCUT2D eigenvalue weighted by atomic mass is 16.4. The van der Waals surface area contributed by atoms with E-state index >= 15 is 0 Å². The molecule has 4 nitrogen and oxygen atoms in total. The van der Waals surface area contributed by atoms with Crippen LogP contribution in [0.4, 0.5) is 0 Å². The van der Waals surface area contributed by atoms with Crippen LogP contribution in [0.1, 0.15) is 130 Å². The van der Waals surface area contributed by atoms with E-state index in [9.17, 15) is 14.7 Å². The highest BCUT2D eigenvalue weighted by Gasteiger charge is 2.10. The van der Waals surface area contributed by atoms with Gasteiger partial charge in [-0.05, 0) is 12.5 Å². The van der Waals surface area contributed by atoms with Gasteiger partial charge in [-0.15, -0.1) is 0 Å². The molecule has 0 radical (unpaired) electrons. The van der Waals surface area contributed by atoms with Gasteiger partial charge in [-0.1, -0.05) is 121 Å². The van der Waals surface area contributed by atoms with Crippen LogP contribution < -0.4 is 10.4 Å². The predicted octanol–water partition coefficient (Wildman–Crippen LogP) is 6.04. The topological polar surface area (TPSA) is 69.2 Å². The summed E-state index contributed by atoms with van der Waals surface area (Å²) in [5, 5.41) is 13.9. The highest BCUT2D eigenvalue weighted by molar-refractivity contribution is 6.04. The molecule has 0 aliphatic rings. The molecule has 0 heterocycles. The van der Waals surface area contributed by atoms with Crippen molar-refractivity contribution in [3.63, 3.8) is 0 Å². The molecule has 0 fully saturated rings. The van der Waals surface area contributed by atoms with E-state index in [2.05, 4.69) is 12.2 Å². The predicted molar refractivity (Wildman–Crippen MR) is 123 cm³/mol. The molecule has 0 saturated carbocycles. The van der Waals surface area contributed by atoms with Crippen molar-refractivity contribution >= 4 is 11.9 Å². The van der Waals surface area contributed by atoms with Crippen LogP contribution in [-0.4, -0.2) is 18.4 Å². The summed E-state index contributed by atoms with van der Waals surface area (Å²) >= 11 is 0. The minimum Gasteiger partial charge on any atom is -0.545 e. The van der Waals surface area contributed by atoms with E-state index in [1.54, 1.807) is 12.1 Å². The summed E-state index contributed by atoms with van der Waals surface area (Å²) in [5.74, 6) is -1.65. The fraction of sp³-hybridized carbons (Fsp3) is 0.692. The van der Waals surface area contributed by atoms with Crippen LogP contribution in [0, 0.1) is 0 Å². The second-order valence-corrected chi connectivity index (χ2v) is 8.39. The number of carbonyl (C=O) groups excluding carboxylic acids is 2. The zero-order valence-corrected chi connectivity index (χ0v) is 19.1. The van der Waals surface area contributed by atoms with Gasteiger partial charge in [-0.2, -0.15) is 0 Å². The van der Waals surface area contributed by atoms with Gasteiger partial charge in [0.1, 0.15) is 0 Å². The Bertz CT molecular complexity index is 585. The van der Waals surface area contributed by atoms with Crippen LogP contribution in [0.15, 0.2) is 24.3 Å². The number of unbranched alkanes of at least 4 members (excludes halogenated alkanes) is 15.